The monoisotopic (exact) mass is 278 g/mol. The highest BCUT2D eigenvalue weighted by Crippen LogP contribution is 2.25. The maximum Gasteiger partial charge on any atom is 0.0805 e. The SMILES string of the molecule is CCOC(C(C)C)C(NN)c1cccc(CC(C)C)c1. The van der Waals surface area contributed by atoms with E-state index in [0.29, 0.717) is 18.4 Å². The first-order valence-corrected chi connectivity index (χ1v) is 7.66. The Balaban J connectivity index is 2.98. The van der Waals surface area contributed by atoms with E-state index in [4.69, 9.17) is 10.6 Å². The highest BCUT2D eigenvalue weighted by Gasteiger charge is 2.25. The van der Waals surface area contributed by atoms with Gasteiger partial charge < -0.3 is 4.74 Å². The van der Waals surface area contributed by atoms with Crippen molar-refractivity contribution in [2.45, 2.75) is 53.2 Å². The summed E-state index contributed by atoms with van der Waals surface area (Å²) < 4.78 is 5.89. The van der Waals surface area contributed by atoms with Crippen LogP contribution < -0.4 is 11.3 Å². The molecule has 0 aliphatic heterocycles. The Kier molecular flexibility index (Phi) is 7.20. The van der Waals surface area contributed by atoms with Gasteiger partial charge in [0, 0.05) is 6.61 Å². The van der Waals surface area contributed by atoms with Gasteiger partial charge in [-0.15, -0.1) is 0 Å². The zero-order valence-corrected chi connectivity index (χ0v) is 13.5. The zero-order chi connectivity index (χ0) is 15.1. The number of ether oxygens (including phenoxy) is 1. The van der Waals surface area contributed by atoms with Gasteiger partial charge >= 0.3 is 0 Å². The quantitative estimate of drug-likeness (QED) is 0.565. The van der Waals surface area contributed by atoms with Crippen molar-refractivity contribution < 1.29 is 4.74 Å². The minimum atomic E-state index is 0.0297. The molecular formula is C17H30N2O. The van der Waals surface area contributed by atoms with Gasteiger partial charge in [-0.05, 0) is 36.3 Å². The molecule has 0 radical (unpaired) electrons. The van der Waals surface area contributed by atoms with Crippen LogP contribution in [0.1, 0.15) is 51.8 Å². The summed E-state index contributed by atoms with van der Waals surface area (Å²) in [5.74, 6) is 6.86. The number of hydrazine groups is 1. The largest absolute Gasteiger partial charge is 0.376 e. The van der Waals surface area contributed by atoms with Crippen LogP contribution in [0.4, 0.5) is 0 Å². The van der Waals surface area contributed by atoms with E-state index < -0.39 is 0 Å². The average molecular weight is 278 g/mol. The fraction of sp³-hybridized carbons (Fsp3) is 0.647. The maximum absolute atomic E-state index is 5.89. The average Bonchev–Trinajstić information content (AvgIpc) is 2.38. The van der Waals surface area contributed by atoms with E-state index in [2.05, 4.69) is 57.4 Å². The summed E-state index contributed by atoms with van der Waals surface area (Å²) in [6.45, 7) is 11.5. The van der Waals surface area contributed by atoms with E-state index in [-0.39, 0.29) is 12.1 Å². The summed E-state index contributed by atoms with van der Waals surface area (Å²) >= 11 is 0. The van der Waals surface area contributed by atoms with Crippen molar-refractivity contribution in [3.63, 3.8) is 0 Å². The third kappa shape index (κ3) is 4.89. The van der Waals surface area contributed by atoms with Crippen LogP contribution >= 0.6 is 0 Å². The first kappa shape index (κ1) is 17.2. The van der Waals surface area contributed by atoms with E-state index in [1.807, 2.05) is 6.92 Å². The maximum atomic E-state index is 5.89. The lowest BCUT2D eigenvalue weighted by Crippen LogP contribution is -2.40. The Morgan fingerprint density at radius 1 is 1.20 bits per heavy atom. The number of rotatable bonds is 8. The predicted molar refractivity (Wildman–Crippen MR) is 85.3 cm³/mol. The van der Waals surface area contributed by atoms with Crippen LogP contribution in [-0.2, 0) is 11.2 Å². The topological polar surface area (TPSA) is 47.3 Å². The van der Waals surface area contributed by atoms with Crippen molar-refractivity contribution in [3.8, 4) is 0 Å². The third-order valence-electron chi connectivity index (χ3n) is 3.48. The van der Waals surface area contributed by atoms with E-state index in [0.717, 1.165) is 6.42 Å². The minimum Gasteiger partial charge on any atom is -0.376 e. The van der Waals surface area contributed by atoms with Crippen molar-refractivity contribution in [3.05, 3.63) is 35.4 Å². The van der Waals surface area contributed by atoms with Crippen molar-refractivity contribution >= 4 is 0 Å². The fourth-order valence-electron chi connectivity index (χ4n) is 2.63. The Hall–Kier alpha value is -0.900. The molecule has 20 heavy (non-hydrogen) atoms. The first-order valence-electron chi connectivity index (χ1n) is 7.66. The second-order valence-corrected chi connectivity index (χ2v) is 6.15. The van der Waals surface area contributed by atoms with Gasteiger partial charge in [0.05, 0.1) is 12.1 Å². The van der Waals surface area contributed by atoms with E-state index in [1.54, 1.807) is 0 Å². The molecule has 1 aromatic rings. The number of hydrogen-bond acceptors (Lipinski definition) is 3. The number of hydrogen-bond donors (Lipinski definition) is 2. The molecule has 0 spiro atoms. The highest BCUT2D eigenvalue weighted by molar-refractivity contribution is 5.27. The van der Waals surface area contributed by atoms with Crippen LogP contribution in [0.15, 0.2) is 24.3 Å². The molecule has 2 atom stereocenters. The van der Waals surface area contributed by atoms with Gasteiger partial charge in [0.25, 0.3) is 0 Å². The molecule has 0 bridgehead atoms. The lowest BCUT2D eigenvalue weighted by atomic mass is 9.91. The summed E-state index contributed by atoms with van der Waals surface area (Å²) in [6, 6.07) is 8.70. The van der Waals surface area contributed by atoms with E-state index in [1.165, 1.54) is 11.1 Å². The van der Waals surface area contributed by atoms with Gasteiger partial charge in [-0.2, -0.15) is 0 Å². The van der Waals surface area contributed by atoms with Gasteiger partial charge in [0.2, 0.25) is 0 Å². The molecule has 0 aromatic heterocycles. The Morgan fingerprint density at radius 2 is 1.90 bits per heavy atom. The molecule has 0 saturated carbocycles. The lowest BCUT2D eigenvalue weighted by Gasteiger charge is -2.30. The molecule has 1 rings (SSSR count). The van der Waals surface area contributed by atoms with Crippen molar-refractivity contribution in [2.24, 2.45) is 17.7 Å². The van der Waals surface area contributed by atoms with Gasteiger partial charge in [-0.25, -0.2) is 0 Å². The molecule has 0 saturated heterocycles. The molecule has 0 amide bonds. The van der Waals surface area contributed by atoms with Crippen molar-refractivity contribution in [1.29, 1.82) is 0 Å². The molecule has 3 heteroatoms. The lowest BCUT2D eigenvalue weighted by molar-refractivity contribution is 0.00276. The molecule has 1 aromatic carbocycles. The minimum absolute atomic E-state index is 0.0297. The molecule has 0 fully saturated rings. The van der Waals surface area contributed by atoms with E-state index in [9.17, 15) is 0 Å². The van der Waals surface area contributed by atoms with Gasteiger partial charge in [-0.3, -0.25) is 11.3 Å². The van der Waals surface area contributed by atoms with Crippen LogP contribution in [0, 0.1) is 11.8 Å². The Morgan fingerprint density at radius 3 is 2.40 bits per heavy atom. The second-order valence-electron chi connectivity index (χ2n) is 6.15. The van der Waals surface area contributed by atoms with Gasteiger partial charge in [0.15, 0.2) is 0 Å². The van der Waals surface area contributed by atoms with Crippen LogP contribution in [-0.4, -0.2) is 12.7 Å². The smallest absolute Gasteiger partial charge is 0.0805 e. The normalized spacial score (nSPS) is 14.8. The number of nitrogens with two attached hydrogens (primary N) is 1. The molecule has 0 aliphatic rings. The fourth-order valence-corrected chi connectivity index (χ4v) is 2.63. The predicted octanol–water partition coefficient (Wildman–Crippen LogP) is 3.45. The Bertz CT molecular complexity index is 390. The van der Waals surface area contributed by atoms with E-state index >= 15 is 0 Å². The van der Waals surface area contributed by atoms with Gasteiger partial charge in [0.1, 0.15) is 0 Å². The molecule has 0 heterocycles. The van der Waals surface area contributed by atoms with Crippen LogP contribution in [0.2, 0.25) is 0 Å². The third-order valence-corrected chi connectivity index (χ3v) is 3.48. The van der Waals surface area contributed by atoms with Crippen molar-refractivity contribution in [2.75, 3.05) is 6.61 Å². The van der Waals surface area contributed by atoms with Crippen LogP contribution in [0.5, 0.6) is 0 Å². The standard InChI is InChI=1S/C17H30N2O/c1-6-20-17(13(4)5)16(19-18)15-9-7-8-14(11-15)10-12(2)3/h7-9,11-13,16-17,19H,6,10,18H2,1-5H3. The second kappa shape index (κ2) is 8.40. The highest BCUT2D eigenvalue weighted by atomic mass is 16.5. The molecule has 114 valence electrons. The summed E-state index contributed by atoms with van der Waals surface area (Å²) in [5.41, 5.74) is 5.50. The molecule has 0 aliphatic carbocycles. The Labute approximate surface area is 123 Å². The molecular weight excluding hydrogens is 248 g/mol. The molecule has 3 N–H and O–H groups in total. The summed E-state index contributed by atoms with van der Waals surface area (Å²) in [6.07, 6.45) is 1.17. The summed E-state index contributed by atoms with van der Waals surface area (Å²) in [7, 11) is 0. The van der Waals surface area contributed by atoms with Gasteiger partial charge in [-0.1, -0.05) is 52.0 Å². The molecule has 3 nitrogen and oxygen atoms in total. The summed E-state index contributed by atoms with van der Waals surface area (Å²) in [5, 5.41) is 0. The number of nitrogens with one attached hydrogen (secondary N) is 1. The van der Waals surface area contributed by atoms with Crippen molar-refractivity contribution in [1.82, 2.24) is 5.43 Å². The first-order chi connectivity index (χ1) is 9.49. The van der Waals surface area contributed by atoms with Crippen LogP contribution in [0.3, 0.4) is 0 Å². The van der Waals surface area contributed by atoms with Crippen LogP contribution in [0.25, 0.3) is 0 Å². The summed E-state index contributed by atoms with van der Waals surface area (Å²) in [4.78, 5) is 0. The number of benzene rings is 1. The molecule has 2 unspecified atom stereocenters. The zero-order valence-electron chi connectivity index (χ0n) is 13.5.